The van der Waals surface area contributed by atoms with E-state index < -0.39 is 0 Å². The molecule has 3 aromatic rings. The molecule has 0 bridgehead atoms. The van der Waals surface area contributed by atoms with Crippen molar-refractivity contribution in [2.75, 3.05) is 26.2 Å². The molecule has 0 spiro atoms. The van der Waals surface area contributed by atoms with Gasteiger partial charge in [0, 0.05) is 6.54 Å². The molecule has 1 aliphatic rings. The number of likely N-dealkylation sites (tertiary alicyclic amines) is 1. The van der Waals surface area contributed by atoms with Gasteiger partial charge in [-0.2, -0.15) is 0 Å². The standard InChI is InChI=1S/C29H33NO/c1-2-11-28(24-12-5-3-6-13-24)29(25-14-7-4-8-15-25)26-16-18-27(19-17-26)31-23-22-30-20-9-10-21-30/h3-8,12-19H,2,9-11,20-23H2,1H3/b29-28-. The van der Waals surface area contributed by atoms with E-state index in [1.807, 2.05) is 0 Å². The molecule has 0 N–H and O–H groups in total. The molecule has 1 aliphatic heterocycles. The second kappa shape index (κ2) is 11.0. The lowest BCUT2D eigenvalue weighted by Crippen LogP contribution is -2.25. The molecular weight excluding hydrogens is 378 g/mol. The maximum atomic E-state index is 6.04. The fraction of sp³-hybridized carbons (Fsp3) is 0.310. The van der Waals surface area contributed by atoms with Crippen LogP contribution in [0, 0.1) is 0 Å². The molecule has 0 amide bonds. The summed E-state index contributed by atoms with van der Waals surface area (Å²) in [6.07, 6.45) is 4.80. The zero-order valence-corrected chi connectivity index (χ0v) is 18.6. The van der Waals surface area contributed by atoms with Gasteiger partial charge in [-0.05, 0) is 72.3 Å². The lowest BCUT2D eigenvalue weighted by molar-refractivity contribution is 0.238. The van der Waals surface area contributed by atoms with Crippen molar-refractivity contribution in [3.8, 4) is 5.75 Å². The lowest BCUT2D eigenvalue weighted by Gasteiger charge is -2.18. The van der Waals surface area contributed by atoms with Crippen molar-refractivity contribution in [3.63, 3.8) is 0 Å². The minimum Gasteiger partial charge on any atom is -0.492 e. The molecule has 0 saturated carbocycles. The minimum absolute atomic E-state index is 0.756. The molecule has 0 unspecified atom stereocenters. The maximum Gasteiger partial charge on any atom is 0.119 e. The van der Waals surface area contributed by atoms with E-state index in [2.05, 4.69) is 96.8 Å². The zero-order chi connectivity index (χ0) is 21.3. The number of hydrogen-bond donors (Lipinski definition) is 0. The summed E-state index contributed by atoms with van der Waals surface area (Å²) in [6.45, 7) is 6.46. The number of benzene rings is 3. The summed E-state index contributed by atoms with van der Waals surface area (Å²) < 4.78 is 6.04. The highest BCUT2D eigenvalue weighted by molar-refractivity contribution is 5.98. The first-order chi connectivity index (χ1) is 15.3. The van der Waals surface area contributed by atoms with Crippen LogP contribution in [0.3, 0.4) is 0 Å². The Bertz CT molecular complexity index is 955. The van der Waals surface area contributed by atoms with E-state index in [4.69, 9.17) is 4.74 Å². The number of nitrogens with zero attached hydrogens (tertiary/aromatic N) is 1. The topological polar surface area (TPSA) is 12.5 Å². The van der Waals surface area contributed by atoms with Gasteiger partial charge in [0.15, 0.2) is 0 Å². The van der Waals surface area contributed by atoms with Crippen molar-refractivity contribution in [2.45, 2.75) is 32.6 Å². The SMILES string of the molecule is CCC/C(=C(\c1ccccc1)c1ccc(OCCN2CCCC2)cc1)c1ccccc1. The van der Waals surface area contributed by atoms with Crippen LogP contribution >= 0.6 is 0 Å². The Hall–Kier alpha value is -2.84. The Kier molecular flexibility index (Phi) is 7.57. The second-order valence-corrected chi connectivity index (χ2v) is 8.26. The Labute approximate surface area is 187 Å². The minimum atomic E-state index is 0.756. The predicted octanol–water partition coefficient (Wildman–Crippen LogP) is 6.92. The van der Waals surface area contributed by atoms with E-state index in [1.165, 1.54) is 53.8 Å². The molecule has 0 atom stereocenters. The summed E-state index contributed by atoms with van der Waals surface area (Å²) in [5.41, 5.74) is 6.52. The third-order valence-corrected chi connectivity index (χ3v) is 6.00. The van der Waals surface area contributed by atoms with Crippen molar-refractivity contribution < 1.29 is 4.74 Å². The van der Waals surface area contributed by atoms with Gasteiger partial charge in [-0.3, -0.25) is 4.90 Å². The van der Waals surface area contributed by atoms with Crippen LogP contribution in [0.25, 0.3) is 11.1 Å². The van der Waals surface area contributed by atoms with Crippen molar-refractivity contribution >= 4 is 11.1 Å². The Morgan fingerprint density at radius 1 is 0.742 bits per heavy atom. The zero-order valence-electron chi connectivity index (χ0n) is 18.6. The number of allylic oxidation sites excluding steroid dienone is 1. The molecule has 1 heterocycles. The summed E-state index contributed by atoms with van der Waals surface area (Å²) in [5.74, 6) is 0.951. The van der Waals surface area contributed by atoms with Crippen LogP contribution in [0.15, 0.2) is 84.9 Å². The van der Waals surface area contributed by atoms with E-state index in [0.29, 0.717) is 0 Å². The Morgan fingerprint density at radius 2 is 1.32 bits per heavy atom. The quantitative estimate of drug-likeness (QED) is 0.354. The van der Waals surface area contributed by atoms with Crippen LogP contribution in [0.2, 0.25) is 0 Å². The molecule has 31 heavy (non-hydrogen) atoms. The predicted molar refractivity (Wildman–Crippen MR) is 131 cm³/mol. The highest BCUT2D eigenvalue weighted by atomic mass is 16.5. The van der Waals surface area contributed by atoms with E-state index in [-0.39, 0.29) is 0 Å². The fourth-order valence-electron chi connectivity index (χ4n) is 4.44. The number of ether oxygens (including phenoxy) is 1. The lowest BCUT2D eigenvalue weighted by atomic mass is 9.87. The molecule has 0 aliphatic carbocycles. The summed E-state index contributed by atoms with van der Waals surface area (Å²) >= 11 is 0. The van der Waals surface area contributed by atoms with Gasteiger partial charge < -0.3 is 4.74 Å². The van der Waals surface area contributed by atoms with Crippen LogP contribution in [-0.2, 0) is 0 Å². The van der Waals surface area contributed by atoms with Gasteiger partial charge in [0.1, 0.15) is 12.4 Å². The molecule has 0 radical (unpaired) electrons. The molecule has 3 aromatic carbocycles. The second-order valence-electron chi connectivity index (χ2n) is 8.26. The van der Waals surface area contributed by atoms with Crippen LogP contribution in [0.1, 0.15) is 49.3 Å². The maximum absolute atomic E-state index is 6.04. The van der Waals surface area contributed by atoms with Crippen LogP contribution in [-0.4, -0.2) is 31.1 Å². The monoisotopic (exact) mass is 411 g/mol. The number of hydrogen-bond acceptors (Lipinski definition) is 2. The Balaban J connectivity index is 1.62. The number of rotatable bonds is 9. The van der Waals surface area contributed by atoms with Crippen LogP contribution in [0.4, 0.5) is 0 Å². The molecule has 4 rings (SSSR count). The highest BCUT2D eigenvalue weighted by Gasteiger charge is 2.14. The largest absolute Gasteiger partial charge is 0.492 e. The van der Waals surface area contributed by atoms with E-state index >= 15 is 0 Å². The summed E-state index contributed by atoms with van der Waals surface area (Å²) in [5, 5.41) is 0. The highest BCUT2D eigenvalue weighted by Crippen LogP contribution is 2.35. The first-order valence-corrected chi connectivity index (χ1v) is 11.6. The summed E-state index contributed by atoms with van der Waals surface area (Å²) in [4.78, 5) is 2.49. The molecule has 0 aromatic heterocycles. The van der Waals surface area contributed by atoms with Gasteiger partial charge in [0.25, 0.3) is 0 Å². The van der Waals surface area contributed by atoms with Gasteiger partial charge in [-0.25, -0.2) is 0 Å². The smallest absolute Gasteiger partial charge is 0.119 e. The average Bonchev–Trinajstić information content (AvgIpc) is 3.35. The Morgan fingerprint density at radius 3 is 1.94 bits per heavy atom. The van der Waals surface area contributed by atoms with E-state index in [9.17, 15) is 0 Å². The summed E-state index contributed by atoms with van der Waals surface area (Å²) in [6, 6.07) is 30.2. The normalized spacial score (nSPS) is 15.0. The van der Waals surface area contributed by atoms with Crippen LogP contribution in [0.5, 0.6) is 5.75 Å². The molecule has 160 valence electrons. The van der Waals surface area contributed by atoms with Crippen molar-refractivity contribution in [2.24, 2.45) is 0 Å². The van der Waals surface area contributed by atoms with Gasteiger partial charge in [-0.1, -0.05) is 86.1 Å². The van der Waals surface area contributed by atoms with E-state index in [1.54, 1.807) is 0 Å². The average molecular weight is 412 g/mol. The third kappa shape index (κ3) is 5.65. The van der Waals surface area contributed by atoms with Crippen molar-refractivity contribution in [1.82, 2.24) is 4.90 Å². The fourth-order valence-corrected chi connectivity index (χ4v) is 4.44. The van der Waals surface area contributed by atoms with Gasteiger partial charge in [-0.15, -0.1) is 0 Å². The van der Waals surface area contributed by atoms with Crippen molar-refractivity contribution in [3.05, 3.63) is 102 Å². The first kappa shape index (κ1) is 21.4. The van der Waals surface area contributed by atoms with Gasteiger partial charge >= 0.3 is 0 Å². The molecular formula is C29H33NO. The van der Waals surface area contributed by atoms with Crippen LogP contribution < -0.4 is 4.74 Å². The van der Waals surface area contributed by atoms with Crippen molar-refractivity contribution in [1.29, 1.82) is 0 Å². The molecule has 2 heteroatoms. The van der Waals surface area contributed by atoms with Gasteiger partial charge in [0.2, 0.25) is 0 Å². The van der Waals surface area contributed by atoms with E-state index in [0.717, 1.165) is 31.7 Å². The summed E-state index contributed by atoms with van der Waals surface area (Å²) in [7, 11) is 0. The molecule has 1 fully saturated rings. The van der Waals surface area contributed by atoms with Gasteiger partial charge in [0.05, 0.1) is 0 Å². The molecule has 2 nitrogen and oxygen atoms in total. The molecule has 1 saturated heterocycles. The third-order valence-electron chi connectivity index (χ3n) is 6.00. The first-order valence-electron chi connectivity index (χ1n) is 11.6.